The number of hydrogen-bond acceptors (Lipinski definition) is 6. The summed E-state index contributed by atoms with van der Waals surface area (Å²) in [7, 11) is 1.53. The summed E-state index contributed by atoms with van der Waals surface area (Å²) in [6.07, 6.45) is 0.389. The van der Waals surface area contributed by atoms with E-state index in [1.807, 2.05) is 13.8 Å². The second kappa shape index (κ2) is 9.75. The third kappa shape index (κ3) is 6.52. The monoisotopic (exact) mass is 352 g/mol. The Morgan fingerprint density at radius 3 is 2.16 bits per heavy atom. The number of carboxylic acids is 1. The van der Waals surface area contributed by atoms with Crippen LogP contribution in [0.2, 0.25) is 0 Å². The Labute approximate surface area is 146 Å². The molecule has 8 nitrogen and oxygen atoms in total. The first-order valence-corrected chi connectivity index (χ1v) is 7.88. The minimum Gasteiger partial charge on any atom is -0.497 e. The Morgan fingerprint density at radius 1 is 1.12 bits per heavy atom. The molecule has 0 aromatic heterocycles. The predicted molar refractivity (Wildman–Crippen MR) is 89.4 cm³/mol. The van der Waals surface area contributed by atoms with Gasteiger partial charge in [-0.15, -0.1) is 0 Å². The Bertz CT molecular complexity index is 600. The largest absolute Gasteiger partial charge is 0.497 e. The fourth-order valence-electron chi connectivity index (χ4n) is 2.39. The minimum absolute atomic E-state index is 0.0806. The van der Waals surface area contributed by atoms with E-state index in [0.29, 0.717) is 17.7 Å². The van der Waals surface area contributed by atoms with Crippen LogP contribution in [0.15, 0.2) is 24.3 Å². The highest BCUT2D eigenvalue weighted by Crippen LogP contribution is 2.14. The fraction of sp³-hybridized carbons (Fsp3) is 0.471. The molecule has 138 valence electrons. The van der Waals surface area contributed by atoms with E-state index in [-0.39, 0.29) is 12.3 Å². The van der Waals surface area contributed by atoms with E-state index in [1.165, 1.54) is 12.6 Å². The number of benzene rings is 1. The fourth-order valence-corrected chi connectivity index (χ4v) is 2.39. The smallest absolute Gasteiger partial charge is 0.320 e. The molecule has 25 heavy (non-hydrogen) atoms. The Hall–Kier alpha value is -2.45. The van der Waals surface area contributed by atoms with Crippen molar-refractivity contribution in [3.05, 3.63) is 29.8 Å². The van der Waals surface area contributed by atoms with Gasteiger partial charge in [0.15, 0.2) is 0 Å². The van der Waals surface area contributed by atoms with Gasteiger partial charge in [-0.3, -0.25) is 24.9 Å². The molecule has 0 aliphatic rings. The molecule has 0 radical (unpaired) electrons. The molecule has 0 saturated carbocycles. The summed E-state index contributed by atoms with van der Waals surface area (Å²) in [5.41, 5.74) is 2.01. The number of Topliss-reactive ketones (excluding diaryl/α,β-unsaturated/α-hetero) is 1. The van der Waals surface area contributed by atoms with Crippen molar-refractivity contribution in [3.8, 4) is 5.75 Å². The number of ether oxygens (including phenoxy) is 1. The predicted octanol–water partition coefficient (Wildman–Crippen LogP) is 0.770. The lowest BCUT2D eigenvalue weighted by Crippen LogP contribution is -2.52. The standard InChI is InChI=1S/C17H24N2O6/c1-10(2)8-14(17(22)23)18-13(15(20)16(21)19-24)9-11-4-6-12(25-3)7-5-11/h4-7,10,13-14,18,24H,8-9H2,1-3H3,(H,19,21)(H,22,23)/t13?,14-/m0/s1. The molecular formula is C17H24N2O6. The number of carboxylic acid groups (broad SMARTS) is 1. The number of carbonyl (C=O) groups is 3. The molecule has 0 spiro atoms. The molecule has 0 saturated heterocycles. The molecule has 1 rings (SSSR count). The average molecular weight is 352 g/mol. The Balaban J connectivity index is 2.99. The summed E-state index contributed by atoms with van der Waals surface area (Å²) in [4.78, 5) is 35.1. The maximum Gasteiger partial charge on any atom is 0.320 e. The zero-order valence-electron chi connectivity index (χ0n) is 14.5. The number of ketones is 1. The van der Waals surface area contributed by atoms with Gasteiger partial charge in [0.1, 0.15) is 11.8 Å². The average Bonchev–Trinajstić information content (AvgIpc) is 2.59. The first kappa shape index (κ1) is 20.6. The molecule has 0 aliphatic carbocycles. The lowest BCUT2D eigenvalue weighted by atomic mass is 9.98. The van der Waals surface area contributed by atoms with Gasteiger partial charge in [0.25, 0.3) is 0 Å². The molecular weight excluding hydrogens is 328 g/mol. The number of hydrogen-bond donors (Lipinski definition) is 4. The number of aliphatic carboxylic acids is 1. The van der Waals surface area contributed by atoms with Gasteiger partial charge in [0.05, 0.1) is 13.2 Å². The van der Waals surface area contributed by atoms with Crippen LogP contribution in [-0.4, -0.2) is 47.2 Å². The summed E-state index contributed by atoms with van der Waals surface area (Å²) in [6.45, 7) is 3.72. The normalized spacial score (nSPS) is 13.2. The zero-order chi connectivity index (χ0) is 19.0. The van der Waals surface area contributed by atoms with Crippen LogP contribution < -0.4 is 15.5 Å². The van der Waals surface area contributed by atoms with Crippen LogP contribution in [0.25, 0.3) is 0 Å². The van der Waals surface area contributed by atoms with Gasteiger partial charge in [-0.1, -0.05) is 26.0 Å². The second-order valence-electron chi connectivity index (χ2n) is 6.10. The highest BCUT2D eigenvalue weighted by Gasteiger charge is 2.30. The first-order chi connectivity index (χ1) is 11.8. The van der Waals surface area contributed by atoms with Crippen molar-refractivity contribution >= 4 is 17.7 Å². The molecule has 1 aromatic rings. The molecule has 0 heterocycles. The Morgan fingerprint density at radius 2 is 1.72 bits per heavy atom. The van der Waals surface area contributed by atoms with Gasteiger partial charge in [-0.05, 0) is 36.5 Å². The van der Waals surface area contributed by atoms with Crippen LogP contribution in [0.4, 0.5) is 0 Å². The zero-order valence-corrected chi connectivity index (χ0v) is 14.5. The van der Waals surface area contributed by atoms with Crippen LogP contribution in [0.5, 0.6) is 5.75 Å². The second-order valence-corrected chi connectivity index (χ2v) is 6.10. The minimum atomic E-state index is -1.19. The van der Waals surface area contributed by atoms with Crippen molar-refractivity contribution in [2.45, 2.75) is 38.8 Å². The van der Waals surface area contributed by atoms with E-state index >= 15 is 0 Å². The molecule has 0 fully saturated rings. The molecule has 0 aliphatic heterocycles. The summed E-state index contributed by atoms with van der Waals surface area (Å²) >= 11 is 0. The quantitative estimate of drug-likeness (QED) is 0.278. The number of nitrogens with one attached hydrogen (secondary N) is 2. The van der Waals surface area contributed by atoms with Crippen molar-refractivity contribution < 1.29 is 29.4 Å². The van der Waals surface area contributed by atoms with E-state index in [2.05, 4.69) is 5.32 Å². The molecule has 1 unspecified atom stereocenters. The van der Waals surface area contributed by atoms with E-state index in [1.54, 1.807) is 24.3 Å². The molecule has 1 amide bonds. The van der Waals surface area contributed by atoms with E-state index in [4.69, 9.17) is 9.94 Å². The highest BCUT2D eigenvalue weighted by atomic mass is 16.5. The molecule has 0 bridgehead atoms. The highest BCUT2D eigenvalue weighted by molar-refractivity contribution is 6.37. The summed E-state index contributed by atoms with van der Waals surface area (Å²) in [5.74, 6) is -2.52. The maximum atomic E-state index is 12.2. The van der Waals surface area contributed by atoms with E-state index < -0.39 is 29.7 Å². The van der Waals surface area contributed by atoms with Crippen LogP contribution in [0, 0.1) is 5.92 Å². The summed E-state index contributed by atoms with van der Waals surface area (Å²) < 4.78 is 5.06. The molecule has 1 aromatic carbocycles. The third-order valence-electron chi connectivity index (χ3n) is 3.65. The molecule has 8 heteroatoms. The van der Waals surface area contributed by atoms with E-state index in [9.17, 15) is 19.5 Å². The van der Waals surface area contributed by atoms with Crippen molar-refractivity contribution in [1.29, 1.82) is 0 Å². The Kier molecular flexibility index (Phi) is 8.03. The maximum absolute atomic E-state index is 12.2. The van der Waals surface area contributed by atoms with Gasteiger partial charge >= 0.3 is 11.9 Å². The van der Waals surface area contributed by atoms with Gasteiger partial charge < -0.3 is 9.84 Å². The van der Waals surface area contributed by atoms with Crippen molar-refractivity contribution in [2.75, 3.05) is 7.11 Å². The number of hydroxylamine groups is 1. The number of rotatable bonds is 10. The van der Waals surface area contributed by atoms with Crippen LogP contribution in [0.3, 0.4) is 0 Å². The van der Waals surface area contributed by atoms with Crippen molar-refractivity contribution in [2.24, 2.45) is 5.92 Å². The van der Waals surface area contributed by atoms with E-state index in [0.717, 1.165) is 0 Å². The van der Waals surface area contributed by atoms with Crippen molar-refractivity contribution in [1.82, 2.24) is 10.8 Å². The molecule has 4 N–H and O–H groups in total. The van der Waals surface area contributed by atoms with Crippen LogP contribution >= 0.6 is 0 Å². The summed E-state index contributed by atoms with van der Waals surface area (Å²) in [6, 6.07) is 4.77. The third-order valence-corrected chi connectivity index (χ3v) is 3.65. The van der Waals surface area contributed by atoms with Gasteiger partial charge in [0, 0.05) is 0 Å². The lowest BCUT2D eigenvalue weighted by Gasteiger charge is -2.23. The SMILES string of the molecule is COc1ccc(CC(N[C@@H](CC(C)C)C(=O)O)C(=O)C(=O)NO)cc1. The number of carbonyl (C=O) groups excluding carboxylic acids is 2. The van der Waals surface area contributed by atoms with Crippen LogP contribution in [0.1, 0.15) is 25.8 Å². The van der Waals surface area contributed by atoms with Gasteiger partial charge in [-0.25, -0.2) is 5.48 Å². The van der Waals surface area contributed by atoms with Crippen LogP contribution in [-0.2, 0) is 20.8 Å². The topological polar surface area (TPSA) is 125 Å². The van der Waals surface area contributed by atoms with Gasteiger partial charge in [-0.2, -0.15) is 0 Å². The number of amides is 1. The van der Waals surface area contributed by atoms with Crippen molar-refractivity contribution in [3.63, 3.8) is 0 Å². The first-order valence-electron chi connectivity index (χ1n) is 7.88. The lowest BCUT2D eigenvalue weighted by molar-refractivity contribution is -0.145. The summed E-state index contributed by atoms with van der Waals surface area (Å²) in [5, 5.41) is 20.8. The number of methoxy groups -OCH3 is 1. The molecule has 2 atom stereocenters. The van der Waals surface area contributed by atoms with Gasteiger partial charge in [0.2, 0.25) is 5.78 Å².